The second-order valence-corrected chi connectivity index (χ2v) is 8.34. The average Bonchev–Trinajstić information content (AvgIpc) is 2.94. The Bertz CT molecular complexity index is 759. The molecular weight excluding hydrogens is 325 g/mol. The summed E-state index contributed by atoms with van der Waals surface area (Å²) in [6, 6.07) is 4.67. The maximum Gasteiger partial charge on any atom is 0.243 e. The number of nitrogens with zero attached hydrogens (tertiary/aromatic N) is 3. The molecule has 1 aliphatic rings. The van der Waals surface area contributed by atoms with E-state index in [0.717, 1.165) is 29.3 Å². The first kappa shape index (κ1) is 15.5. The van der Waals surface area contributed by atoms with Gasteiger partial charge in [-0.1, -0.05) is 6.42 Å². The zero-order valence-electron chi connectivity index (χ0n) is 12.1. The van der Waals surface area contributed by atoms with Crippen molar-refractivity contribution in [2.45, 2.75) is 37.1 Å². The van der Waals surface area contributed by atoms with Crippen LogP contribution < -0.4 is 0 Å². The minimum absolute atomic E-state index is 0.113. The molecule has 0 N–H and O–H groups in total. The first-order valence-corrected chi connectivity index (χ1v) is 9.31. The van der Waals surface area contributed by atoms with Gasteiger partial charge in [-0.05, 0) is 44.0 Å². The number of piperidine rings is 1. The number of aromatic nitrogens is 2. The molecule has 0 spiro atoms. The molecule has 118 valence electrons. The van der Waals surface area contributed by atoms with Crippen molar-refractivity contribution in [3.63, 3.8) is 0 Å². The summed E-state index contributed by atoms with van der Waals surface area (Å²) in [6.45, 7) is 2.30. The van der Waals surface area contributed by atoms with Crippen LogP contribution in [0.2, 0.25) is 0 Å². The van der Waals surface area contributed by atoms with Gasteiger partial charge in [0.15, 0.2) is 0 Å². The average molecular weight is 341 g/mol. The molecule has 3 rings (SSSR count). The number of halogens is 1. The molecule has 5 nitrogen and oxygen atoms in total. The summed E-state index contributed by atoms with van der Waals surface area (Å²) in [6.07, 6.45) is 2.50. The standard InChI is InChI=1S/C14H16FN3O2S2/c1-10-16-17-14(21-10)13-4-2-3-9-18(13)22(19,20)12-7-5-11(15)6-8-12/h5-8,13H,2-4,9H2,1H3/t13-/m0/s1. The van der Waals surface area contributed by atoms with Gasteiger partial charge >= 0.3 is 0 Å². The molecule has 2 aromatic rings. The highest BCUT2D eigenvalue weighted by Crippen LogP contribution is 2.36. The normalized spacial score (nSPS) is 20.2. The fourth-order valence-corrected chi connectivity index (χ4v) is 5.20. The van der Waals surface area contributed by atoms with E-state index in [2.05, 4.69) is 10.2 Å². The first-order chi connectivity index (χ1) is 10.5. The van der Waals surface area contributed by atoms with Crippen molar-refractivity contribution in [3.8, 4) is 0 Å². The van der Waals surface area contributed by atoms with E-state index in [0.29, 0.717) is 6.54 Å². The van der Waals surface area contributed by atoms with Crippen LogP contribution >= 0.6 is 11.3 Å². The molecule has 22 heavy (non-hydrogen) atoms. The Morgan fingerprint density at radius 3 is 2.59 bits per heavy atom. The van der Waals surface area contributed by atoms with E-state index >= 15 is 0 Å². The van der Waals surface area contributed by atoms with Gasteiger partial charge in [-0.15, -0.1) is 21.5 Å². The van der Waals surface area contributed by atoms with Gasteiger partial charge in [-0.3, -0.25) is 0 Å². The topological polar surface area (TPSA) is 63.2 Å². The maximum atomic E-state index is 13.0. The Kier molecular flexibility index (Phi) is 4.24. The molecule has 0 unspecified atom stereocenters. The second kappa shape index (κ2) is 6.02. The van der Waals surface area contributed by atoms with Crippen LogP contribution in [0, 0.1) is 12.7 Å². The Hall–Kier alpha value is -1.38. The molecule has 0 aliphatic carbocycles. The van der Waals surface area contributed by atoms with E-state index in [1.807, 2.05) is 6.92 Å². The number of aryl methyl sites for hydroxylation is 1. The van der Waals surface area contributed by atoms with Gasteiger partial charge in [-0.2, -0.15) is 4.31 Å². The van der Waals surface area contributed by atoms with Crippen molar-refractivity contribution < 1.29 is 12.8 Å². The highest BCUT2D eigenvalue weighted by atomic mass is 32.2. The number of sulfonamides is 1. The third-order valence-corrected chi connectivity index (χ3v) is 6.56. The largest absolute Gasteiger partial charge is 0.243 e. The fraction of sp³-hybridized carbons (Fsp3) is 0.429. The molecule has 2 heterocycles. The van der Waals surface area contributed by atoms with Crippen LogP contribution in [-0.2, 0) is 10.0 Å². The molecule has 1 saturated heterocycles. The van der Waals surface area contributed by atoms with E-state index in [4.69, 9.17) is 0 Å². The van der Waals surface area contributed by atoms with Crippen molar-refractivity contribution >= 4 is 21.4 Å². The lowest BCUT2D eigenvalue weighted by atomic mass is 10.1. The smallest absolute Gasteiger partial charge is 0.207 e. The van der Waals surface area contributed by atoms with Crippen LogP contribution in [0.25, 0.3) is 0 Å². The van der Waals surface area contributed by atoms with Gasteiger partial charge in [0.05, 0.1) is 10.9 Å². The molecular formula is C14H16FN3O2S2. The van der Waals surface area contributed by atoms with Gasteiger partial charge in [0.1, 0.15) is 15.8 Å². The van der Waals surface area contributed by atoms with Crippen LogP contribution in [0.15, 0.2) is 29.2 Å². The fourth-order valence-electron chi connectivity index (χ4n) is 2.63. The number of hydrogen-bond acceptors (Lipinski definition) is 5. The molecule has 0 radical (unpaired) electrons. The van der Waals surface area contributed by atoms with E-state index in [9.17, 15) is 12.8 Å². The zero-order valence-corrected chi connectivity index (χ0v) is 13.7. The van der Waals surface area contributed by atoms with Crippen LogP contribution in [0.3, 0.4) is 0 Å². The Morgan fingerprint density at radius 2 is 1.95 bits per heavy atom. The number of benzene rings is 1. The van der Waals surface area contributed by atoms with E-state index < -0.39 is 15.8 Å². The van der Waals surface area contributed by atoms with Crippen molar-refractivity contribution in [3.05, 3.63) is 40.1 Å². The van der Waals surface area contributed by atoms with Crippen molar-refractivity contribution in [2.24, 2.45) is 0 Å². The van der Waals surface area contributed by atoms with Crippen LogP contribution in [0.1, 0.15) is 35.3 Å². The minimum atomic E-state index is -3.66. The lowest BCUT2D eigenvalue weighted by molar-refractivity contribution is 0.254. The summed E-state index contributed by atoms with van der Waals surface area (Å²) in [5, 5.41) is 9.65. The first-order valence-electron chi connectivity index (χ1n) is 7.06. The predicted octanol–water partition coefficient (Wildman–Crippen LogP) is 2.90. The minimum Gasteiger partial charge on any atom is -0.207 e. The van der Waals surface area contributed by atoms with Crippen molar-refractivity contribution in [1.82, 2.24) is 14.5 Å². The molecule has 0 bridgehead atoms. The van der Waals surface area contributed by atoms with Crippen LogP contribution in [0.4, 0.5) is 4.39 Å². The SMILES string of the molecule is Cc1nnc([C@@H]2CCCCN2S(=O)(=O)c2ccc(F)cc2)s1. The lowest BCUT2D eigenvalue weighted by Gasteiger charge is -2.33. The van der Waals surface area contributed by atoms with E-state index in [1.54, 1.807) is 0 Å². The molecule has 8 heteroatoms. The van der Waals surface area contributed by atoms with Crippen molar-refractivity contribution in [1.29, 1.82) is 0 Å². The molecule has 1 aliphatic heterocycles. The quantitative estimate of drug-likeness (QED) is 0.861. The van der Waals surface area contributed by atoms with Gasteiger partial charge in [-0.25, -0.2) is 12.8 Å². The molecule has 1 aromatic carbocycles. The van der Waals surface area contributed by atoms with E-state index in [1.165, 1.54) is 39.9 Å². The predicted molar refractivity (Wildman–Crippen MR) is 81.5 cm³/mol. The van der Waals surface area contributed by atoms with Gasteiger partial charge in [0.2, 0.25) is 10.0 Å². The summed E-state index contributed by atoms with van der Waals surface area (Å²) in [7, 11) is -3.66. The van der Waals surface area contributed by atoms with Gasteiger partial charge in [0, 0.05) is 6.54 Å². The summed E-state index contributed by atoms with van der Waals surface area (Å²) in [4.78, 5) is 0.113. The molecule has 1 atom stereocenters. The van der Waals surface area contributed by atoms with Crippen LogP contribution in [-0.4, -0.2) is 29.5 Å². The second-order valence-electron chi connectivity index (χ2n) is 5.24. The molecule has 1 aromatic heterocycles. The lowest BCUT2D eigenvalue weighted by Crippen LogP contribution is -2.38. The summed E-state index contributed by atoms with van der Waals surface area (Å²) >= 11 is 1.42. The Balaban J connectivity index is 1.97. The summed E-state index contributed by atoms with van der Waals surface area (Å²) < 4.78 is 40.2. The maximum absolute atomic E-state index is 13.0. The van der Waals surface area contributed by atoms with Gasteiger partial charge < -0.3 is 0 Å². The highest BCUT2D eigenvalue weighted by Gasteiger charge is 2.36. The van der Waals surface area contributed by atoms with E-state index in [-0.39, 0.29) is 10.9 Å². The Morgan fingerprint density at radius 1 is 1.23 bits per heavy atom. The number of hydrogen-bond donors (Lipinski definition) is 0. The third-order valence-electron chi connectivity index (χ3n) is 3.70. The summed E-state index contributed by atoms with van der Waals surface area (Å²) in [5.74, 6) is -0.450. The number of rotatable bonds is 3. The van der Waals surface area contributed by atoms with Crippen molar-refractivity contribution in [2.75, 3.05) is 6.54 Å². The molecule has 1 fully saturated rings. The Labute approximate surface area is 132 Å². The molecule has 0 saturated carbocycles. The zero-order chi connectivity index (χ0) is 15.7. The highest BCUT2D eigenvalue weighted by molar-refractivity contribution is 7.89. The summed E-state index contributed by atoms with van der Waals surface area (Å²) in [5.41, 5.74) is 0. The molecule has 0 amide bonds. The van der Waals surface area contributed by atoms with Gasteiger partial charge in [0.25, 0.3) is 0 Å². The van der Waals surface area contributed by atoms with Crippen LogP contribution in [0.5, 0.6) is 0 Å². The monoisotopic (exact) mass is 341 g/mol. The third kappa shape index (κ3) is 2.90.